The summed E-state index contributed by atoms with van der Waals surface area (Å²) in [4.78, 5) is 0. The van der Waals surface area contributed by atoms with Crippen molar-refractivity contribution < 1.29 is 0 Å². The third kappa shape index (κ3) is 2.31. The predicted octanol–water partition coefficient (Wildman–Crippen LogP) is 4.24. The summed E-state index contributed by atoms with van der Waals surface area (Å²) in [6.07, 6.45) is 6.82. The molecule has 1 unspecified atom stereocenters. The monoisotopic (exact) mass is 238 g/mol. The van der Waals surface area contributed by atoms with Crippen LogP contribution in [-0.2, 0) is 0 Å². The number of benzene rings is 1. The zero-order chi connectivity index (χ0) is 13.3. The van der Waals surface area contributed by atoms with Gasteiger partial charge in [-0.15, -0.1) is 0 Å². The highest BCUT2D eigenvalue weighted by Gasteiger charge is 2.37. The number of hydrogen-bond acceptors (Lipinski definition) is 0. The summed E-state index contributed by atoms with van der Waals surface area (Å²) in [7, 11) is 0. The van der Waals surface area contributed by atoms with Gasteiger partial charge in [-0.2, -0.15) is 0 Å². The zero-order valence-corrected chi connectivity index (χ0v) is 12.2. The molecule has 1 heteroatoms. The van der Waals surface area contributed by atoms with Crippen LogP contribution in [0.2, 0.25) is 12.6 Å². The van der Waals surface area contributed by atoms with E-state index in [-0.39, 0.29) is 5.41 Å². The van der Waals surface area contributed by atoms with Crippen LogP contribution < -0.4 is 5.46 Å². The lowest BCUT2D eigenvalue weighted by atomic mass is 9.32. The van der Waals surface area contributed by atoms with E-state index in [1.807, 2.05) is 0 Å². The topological polar surface area (TPSA) is 0 Å². The Kier molecular flexibility index (Phi) is 3.52. The Bertz CT molecular complexity index is 494. The van der Waals surface area contributed by atoms with Gasteiger partial charge in [0.05, 0.1) is 0 Å². The van der Waals surface area contributed by atoms with Gasteiger partial charge in [0, 0.05) is 0 Å². The van der Waals surface area contributed by atoms with Crippen molar-refractivity contribution in [1.82, 2.24) is 0 Å². The number of hydrogen-bond donors (Lipinski definition) is 0. The molecule has 1 aliphatic rings. The minimum absolute atomic E-state index is 0.237. The van der Waals surface area contributed by atoms with Crippen LogP contribution in [0.15, 0.2) is 48.1 Å². The Hall–Kier alpha value is -1.24. The summed E-state index contributed by atoms with van der Waals surface area (Å²) >= 11 is 0. The Labute approximate surface area is 112 Å². The lowest BCUT2D eigenvalue weighted by Crippen LogP contribution is -2.41. The quantitative estimate of drug-likeness (QED) is 0.676. The smallest absolute Gasteiger partial charge is 0.0812 e. The van der Waals surface area contributed by atoms with Gasteiger partial charge in [-0.25, -0.2) is 0 Å². The van der Waals surface area contributed by atoms with Gasteiger partial charge >= 0.3 is 0 Å². The maximum absolute atomic E-state index is 2.37. The number of allylic oxidation sites excluding steroid dienone is 4. The molecular formula is C17H23B. The van der Waals surface area contributed by atoms with Crippen molar-refractivity contribution in [3.05, 3.63) is 53.6 Å². The minimum Gasteiger partial charge on any atom is -0.0812 e. The molecule has 1 aliphatic carbocycles. The number of aryl methyl sites for hydroxylation is 1. The fourth-order valence-corrected chi connectivity index (χ4v) is 3.56. The number of rotatable bonds is 2. The zero-order valence-electron chi connectivity index (χ0n) is 12.2. The van der Waals surface area contributed by atoms with Crippen molar-refractivity contribution in [2.75, 3.05) is 0 Å². The molecule has 0 saturated heterocycles. The summed E-state index contributed by atoms with van der Waals surface area (Å²) in [6.45, 7) is 12.1. The molecule has 0 nitrogen and oxygen atoms in total. The van der Waals surface area contributed by atoms with Crippen LogP contribution in [0.1, 0.15) is 26.3 Å². The molecule has 0 radical (unpaired) electrons. The van der Waals surface area contributed by atoms with Gasteiger partial charge in [-0.3, -0.25) is 0 Å². The van der Waals surface area contributed by atoms with Crippen LogP contribution in [-0.4, -0.2) is 6.71 Å². The van der Waals surface area contributed by atoms with Gasteiger partial charge in [0.1, 0.15) is 0 Å². The van der Waals surface area contributed by atoms with E-state index in [2.05, 4.69) is 77.0 Å². The van der Waals surface area contributed by atoms with E-state index in [1.165, 1.54) is 16.6 Å². The van der Waals surface area contributed by atoms with Crippen LogP contribution >= 0.6 is 0 Å². The first kappa shape index (κ1) is 13.2. The van der Waals surface area contributed by atoms with Crippen molar-refractivity contribution in [2.24, 2.45) is 5.41 Å². The summed E-state index contributed by atoms with van der Waals surface area (Å²) in [6, 6.07) is 8.78. The second kappa shape index (κ2) is 4.80. The van der Waals surface area contributed by atoms with Gasteiger partial charge < -0.3 is 0 Å². The van der Waals surface area contributed by atoms with E-state index in [0.29, 0.717) is 12.5 Å². The van der Waals surface area contributed by atoms with E-state index in [1.54, 1.807) is 0 Å². The molecule has 1 atom stereocenters. The molecule has 1 aromatic carbocycles. The highest BCUT2D eigenvalue weighted by molar-refractivity contribution is 6.74. The Morgan fingerprint density at radius 3 is 2.39 bits per heavy atom. The Balaban J connectivity index is 2.40. The summed E-state index contributed by atoms with van der Waals surface area (Å²) in [5.41, 5.74) is 4.63. The molecule has 0 spiro atoms. The minimum atomic E-state index is 0.237. The van der Waals surface area contributed by atoms with Gasteiger partial charge in [0.15, 0.2) is 6.71 Å². The third-order valence-electron chi connectivity index (χ3n) is 4.36. The molecule has 0 amide bonds. The molecular weight excluding hydrogens is 215 g/mol. The SMILES string of the molecule is CB(c1ccccc1C)C1C(C)=CC=CC1(C)C. The van der Waals surface area contributed by atoms with Gasteiger partial charge in [0.25, 0.3) is 0 Å². The first-order chi connectivity index (χ1) is 8.43. The molecule has 18 heavy (non-hydrogen) atoms. The largest absolute Gasteiger partial charge is 0.181 e. The van der Waals surface area contributed by atoms with Crippen LogP contribution in [0, 0.1) is 12.3 Å². The highest BCUT2D eigenvalue weighted by atomic mass is 14.3. The van der Waals surface area contributed by atoms with Crippen molar-refractivity contribution in [2.45, 2.75) is 40.3 Å². The van der Waals surface area contributed by atoms with Crippen LogP contribution in [0.4, 0.5) is 0 Å². The van der Waals surface area contributed by atoms with E-state index in [4.69, 9.17) is 0 Å². The van der Waals surface area contributed by atoms with Gasteiger partial charge in [-0.05, 0) is 25.1 Å². The standard InChI is InChI=1S/C17H23B/c1-13-9-6-7-11-15(13)18(5)16-14(2)10-8-12-17(16,3)4/h6-12,16H,1-5H3. The van der Waals surface area contributed by atoms with Crippen molar-refractivity contribution >= 4 is 12.2 Å². The molecule has 0 heterocycles. The summed E-state index contributed by atoms with van der Waals surface area (Å²) in [5, 5.41) is 0. The molecule has 94 valence electrons. The fraction of sp³-hybridized carbons (Fsp3) is 0.412. The second-order valence-electron chi connectivity index (χ2n) is 6.21. The van der Waals surface area contributed by atoms with Gasteiger partial charge in [-0.1, -0.05) is 79.8 Å². The van der Waals surface area contributed by atoms with Crippen molar-refractivity contribution in [1.29, 1.82) is 0 Å². The molecule has 0 fully saturated rings. The van der Waals surface area contributed by atoms with Crippen LogP contribution in [0.25, 0.3) is 0 Å². The van der Waals surface area contributed by atoms with E-state index < -0.39 is 0 Å². The first-order valence-corrected chi connectivity index (χ1v) is 6.85. The average molecular weight is 238 g/mol. The molecule has 0 bridgehead atoms. The van der Waals surface area contributed by atoms with Crippen LogP contribution in [0.5, 0.6) is 0 Å². The lowest BCUT2D eigenvalue weighted by molar-refractivity contribution is 0.464. The highest BCUT2D eigenvalue weighted by Crippen LogP contribution is 2.43. The lowest BCUT2D eigenvalue weighted by Gasteiger charge is -2.38. The fourth-order valence-electron chi connectivity index (χ4n) is 3.56. The maximum Gasteiger partial charge on any atom is 0.181 e. The Morgan fingerprint density at radius 1 is 1.11 bits per heavy atom. The molecule has 0 N–H and O–H groups in total. The predicted molar refractivity (Wildman–Crippen MR) is 82.9 cm³/mol. The van der Waals surface area contributed by atoms with Crippen molar-refractivity contribution in [3.63, 3.8) is 0 Å². The normalized spacial score (nSPS) is 21.6. The van der Waals surface area contributed by atoms with Crippen molar-refractivity contribution in [3.8, 4) is 0 Å². The molecule has 1 aromatic rings. The van der Waals surface area contributed by atoms with E-state index >= 15 is 0 Å². The maximum atomic E-state index is 2.37. The Morgan fingerprint density at radius 2 is 1.78 bits per heavy atom. The van der Waals surface area contributed by atoms with E-state index in [9.17, 15) is 0 Å². The summed E-state index contributed by atoms with van der Waals surface area (Å²) in [5.74, 6) is 0.587. The van der Waals surface area contributed by atoms with E-state index in [0.717, 1.165) is 0 Å². The second-order valence-corrected chi connectivity index (χ2v) is 6.21. The average Bonchev–Trinajstić information content (AvgIpc) is 2.28. The molecule has 0 aromatic heterocycles. The third-order valence-corrected chi connectivity index (χ3v) is 4.36. The van der Waals surface area contributed by atoms with Gasteiger partial charge in [0.2, 0.25) is 0 Å². The molecule has 0 aliphatic heterocycles. The summed E-state index contributed by atoms with van der Waals surface area (Å²) < 4.78 is 0. The first-order valence-electron chi connectivity index (χ1n) is 6.85. The van der Waals surface area contributed by atoms with Crippen LogP contribution in [0.3, 0.4) is 0 Å². The molecule has 0 saturated carbocycles. The molecule has 2 rings (SSSR count).